The van der Waals surface area contributed by atoms with Gasteiger partial charge in [0.2, 0.25) is 11.8 Å². The zero-order valence-electron chi connectivity index (χ0n) is 13.9. The van der Waals surface area contributed by atoms with Crippen molar-refractivity contribution in [2.45, 2.75) is 6.42 Å². The van der Waals surface area contributed by atoms with Gasteiger partial charge in [-0.1, -0.05) is 11.6 Å². The van der Waals surface area contributed by atoms with Gasteiger partial charge in [0.1, 0.15) is 23.6 Å². The minimum absolute atomic E-state index is 0.125. The standard InChI is InChI=1S/C16H14ClN5O4/c1-24-12-6-13(25-2)10(5-9(12)17)20-14(23)7-15-21-22-16(26-15)11-8-18-3-4-19-11/h3-6,8H,7H2,1-2H3,(H,20,23). The molecule has 0 bridgehead atoms. The van der Waals surface area contributed by atoms with Gasteiger partial charge in [-0.3, -0.25) is 9.78 Å². The lowest BCUT2D eigenvalue weighted by atomic mass is 10.2. The number of carbonyl (C=O) groups is 1. The number of benzene rings is 1. The van der Waals surface area contributed by atoms with E-state index in [0.29, 0.717) is 27.9 Å². The van der Waals surface area contributed by atoms with Crippen molar-refractivity contribution in [3.8, 4) is 23.1 Å². The Kier molecular flexibility index (Phi) is 5.28. The highest BCUT2D eigenvalue weighted by Gasteiger charge is 2.16. The van der Waals surface area contributed by atoms with Gasteiger partial charge in [0.25, 0.3) is 5.89 Å². The van der Waals surface area contributed by atoms with Crippen LogP contribution in [-0.4, -0.2) is 40.3 Å². The number of hydrogen-bond acceptors (Lipinski definition) is 8. The third-order valence-electron chi connectivity index (χ3n) is 3.31. The Balaban J connectivity index is 1.72. The van der Waals surface area contributed by atoms with Crippen molar-refractivity contribution < 1.29 is 18.7 Å². The van der Waals surface area contributed by atoms with E-state index in [-0.39, 0.29) is 24.1 Å². The molecule has 0 radical (unpaired) electrons. The molecular weight excluding hydrogens is 362 g/mol. The number of ether oxygens (including phenoxy) is 2. The van der Waals surface area contributed by atoms with Crippen molar-refractivity contribution in [2.24, 2.45) is 0 Å². The highest BCUT2D eigenvalue weighted by atomic mass is 35.5. The Labute approximate surface area is 153 Å². The maximum Gasteiger partial charge on any atom is 0.267 e. The summed E-state index contributed by atoms with van der Waals surface area (Å²) in [4.78, 5) is 20.2. The van der Waals surface area contributed by atoms with E-state index in [1.165, 1.54) is 38.9 Å². The van der Waals surface area contributed by atoms with Gasteiger partial charge in [0.05, 0.1) is 31.1 Å². The first kappa shape index (κ1) is 17.6. The van der Waals surface area contributed by atoms with Gasteiger partial charge in [0.15, 0.2) is 0 Å². The highest BCUT2D eigenvalue weighted by Crippen LogP contribution is 2.35. The van der Waals surface area contributed by atoms with E-state index in [2.05, 4.69) is 25.5 Å². The zero-order valence-corrected chi connectivity index (χ0v) is 14.6. The normalized spacial score (nSPS) is 10.4. The Morgan fingerprint density at radius 2 is 2.00 bits per heavy atom. The topological polar surface area (TPSA) is 112 Å². The van der Waals surface area contributed by atoms with Crippen molar-refractivity contribution in [3.05, 3.63) is 41.6 Å². The first-order chi connectivity index (χ1) is 12.6. The Hall–Kier alpha value is -3.20. The van der Waals surface area contributed by atoms with Gasteiger partial charge < -0.3 is 19.2 Å². The van der Waals surface area contributed by atoms with Crippen LogP contribution in [0.1, 0.15) is 5.89 Å². The molecule has 0 saturated carbocycles. The van der Waals surface area contributed by atoms with Gasteiger partial charge in [-0.2, -0.15) is 0 Å². The summed E-state index contributed by atoms with van der Waals surface area (Å²) in [6.07, 6.45) is 4.40. The van der Waals surface area contributed by atoms with Crippen LogP contribution >= 0.6 is 11.6 Å². The molecule has 3 aromatic rings. The minimum Gasteiger partial charge on any atom is -0.495 e. The lowest BCUT2D eigenvalue weighted by Gasteiger charge is -2.12. The van der Waals surface area contributed by atoms with Crippen LogP contribution in [0.4, 0.5) is 5.69 Å². The average Bonchev–Trinajstić information content (AvgIpc) is 3.11. The van der Waals surface area contributed by atoms with Crippen LogP contribution < -0.4 is 14.8 Å². The molecule has 10 heteroatoms. The van der Waals surface area contributed by atoms with Crippen molar-refractivity contribution in [3.63, 3.8) is 0 Å². The zero-order chi connectivity index (χ0) is 18.5. The van der Waals surface area contributed by atoms with E-state index in [4.69, 9.17) is 25.5 Å². The molecule has 0 fully saturated rings. The third-order valence-corrected chi connectivity index (χ3v) is 3.60. The number of rotatable bonds is 6. The predicted octanol–water partition coefficient (Wildman–Crippen LogP) is 2.38. The van der Waals surface area contributed by atoms with E-state index in [1.807, 2.05) is 0 Å². The second-order valence-corrected chi connectivity index (χ2v) is 5.41. The number of nitrogens with zero attached hydrogens (tertiary/aromatic N) is 4. The van der Waals surface area contributed by atoms with Crippen LogP contribution in [0.3, 0.4) is 0 Å². The first-order valence-corrected chi connectivity index (χ1v) is 7.78. The molecule has 9 nitrogen and oxygen atoms in total. The number of methoxy groups -OCH3 is 2. The number of amides is 1. The molecule has 0 saturated heterocycles. The SMILES string of the molecule is COc1cc(OC)c(NC(=O)Cc2nnc(-c3cnccn3)o2)cc1Cl. The molecule has 0 atom stereocenters. The van der Waals surface area contributed by atoms with Gasteiger partial charge in [-0.25, -0.2) is 4.98 Å². The van der Waals surface area contributed by atoms with E-state index in [1.54, 1.807) is 6.07 Å². The molecule has 0 aliphatic heterocycles. The van der Waals surface area contributed by atoms with Gasteiger partial charge >= 0.3 is 0 Å². The molecule has 0 aliphatic rings. The molecule has 0 aliphatic carbocycles. The molecule has 1 amide bonds. The second kappa shape index (κ2) is 7.79. The molecule has 0 unspecified atom stereocenters. The quantitative estimate of drug-likeness (QED) is 0.698. The van der Waals surface area contributed by atoms with E-state index in [9.17, 15) is 4.79 Å². The van der Waals surface area contributed by atoms with E-state index >= 15 is 0 Å². The lowest BCUT2D eigenvalue weighted by Crippen LogP contribution is -2.15. The summed E-state index contributed by atoms with van der Waals surface area (Å²) in [6.45, 7) is 0. The van der Waals surface area contributed by atoms with E-state index < -0.39 is 0 Å². The fraction of sp³-hybridized carbons (Fsp3) is 0.188. The maximum atomic E-state index is 12.3. The van der Waals surface area contributed by atoms with Crippen LogP contribution in [0, 0.1) is 0 Å². The third kappa shape index (κ3) is 3.89. The second-order valence-electron chi connectivity index (χ2n) is 5.00. The molecule has 3 rings (SSSR count). The van der Waals surface area contributed by atoms with Crippen molar-refractivity contribution in [1.29, 1.82) is 0 Å². The monoisotopic (exact) mass is 375 g/mol. The molecule has 2 heterocycles. The summed E-state index contributed by atoms with van der Waals surface area (Å²) in [7, 11) is 2.96. The molecule has 1 aromatic carbocycles. The lowest BCUT2D eigenvalue weighted by molar-refractivity contribution is -0.115. The molecule has 2 aromatic heterocycles. The molecule has 1 N–H and O–H groups in total. The Morgan fingerprint density at radius 3 is 2.69 bits per heavy atom. The van der Waals surface area contributed by atoms with Crippen molar-refractivity contribution >= 4 is 23.2 Å². The Bertz CT molecular complexity index is 916. The smallest absolute Gasteiger partial charge is 0.267 e. The summed E-state index contributed by atoms with van der Waals surface area (Å²) in [6, 6.07) is 3.12. The summed E-state index contributed by atoms with van der Waals surface area (Å²) >= 11 is 6.09. The predicted molar refractivity (Wildman–Crippen MR) is 92.2 cm³/mol. The van der Waals surface area contributed by atoms with Crippen LogP contribution in [0.15, 0.2) is 35.1 Å². The number of anilines is 1. The van der Waals surface area contributed by atoms with Crippen molar-refractivity contribution in [2.75, 3.05) is 19.5 Å². The van der Waals surface area contributed by atoms with Crippen molar-refractivity contribution in [1.82, 2.24) is 20.2 Å². The van der Waals surface area contributed by atoms with Crippen LogP contribution in [-0.2, 0) is 11.2 Å². The molecule has 0 spiro atoms. The largest absolute Gasteiger partial charge is 0.495 e. The molecule has 26 heavy (non-hydrogen) atoms. The summed E-state index contributed by atoms with van der Waals surface area (Å²) < 4.78 is 15.8. The number of aromatic nitrogens is 4. The van der Waals surface area contributed by atoms with Crippen LogP contribution in [0.5, 0.6) is 11.5 Å². The van der Waals surface area contributed by atoms with Crippen LogP contribution in [0.25, 0.3) is 11.6 Å². The summed E-state index contributed by atoms with van der Waals surface area (Å²) in [5, 5.41) is 10.7. The number of halogens is 1. The van der Waals surface area contributed by atoms with Crippen LogP contribution in [0.2, 0.25) is 5.02 Å². The summed E-state index contributed by atoms with van der Waals surface area (Å²) in [5.74, 6) is 0.795. The maximum absolute atomic E-state index is 12.3. The fourth-order valence-corrected chi connectivity index (χ4v) is 2.37. The number of carbonyl (C=O) groups excluding carboxylic acids is 1. The average molecular weight is 376 g/mol. The number of nitrogens with one attached hydrogen (secondary N) is 1. The van der Waals surface area contributed by atoms with Gasteiger partial charge in [0, 0.05) is 18.5 Å². The number of hydrogen-bond donors (Lipinski definition) is 1. The van der Waals surface area contributed by atoms with Gasteiger partial charge in [-0.05, 0) is 6.07 Å². The highest BCUT2D eigenvalue weighted by molar-refractivity contribution is 6.32. The first-order valence-electron chi connectivity index (χ1n) is 7.41. The minimum atomic E-state index is -0.376. The van der Waals surface area contributed by atoms with Gasteiger partial charge in [-0.15, -0.1) is 10.2 Å². The summed E-state index contributed by atoms with van der Waals surface area (Å²) in [5.41, 5.74) is 0.826. The Morgan fingerprint density at radius 1 is 1.19 bits per heavy atom. The molecule has 134 valence electrons. The molecular formula is C16H14ClN5O4. The fourth-order valence-electron chi connectivity index (χ4n) is 2.13. The van der Waals surface area contributed by atoms with E-state index in [0.717, 1.165) is 0 Å².